The molecule has 3 aliphatic rings. The van der Waals surface area contributed by atoms with Crippen LogP contribution in [0.15, 0.2) is 0 Å². The summed E-state index contributed by atoms with van der Waals surface area (Å²) in [4.78, 5) is 2.73. The van der Waals surface area contributed by atoms with Crippen LogP contribution in [0.2, 0.25) is 0 Å². The van der Waals surface area contributed by atoms with Crippen LogP contribution in [0.25, 0.3) is 0 Å². The first kappa shape index (κ1) is 12.0. The fourth-order valence-electron chi connectivity index (χ4n) is 3.77. The molecule has 1 aliphatic heterocycles. The van der Waals surface area contributed by atoms with E-state index in [1.54, 1.807) is 0 Å². The van der Waals surface area contributed by atoms with Crippen molar-refractivity contribution < 1.29 is 4.74 Å². The second kappa shape index (κ2) is 4.89. The van der Waals surface area contributed by atoms with Crippen LogP contribution in [0, 0.1) is 5.92 Å². The van der Waals surface area contributed by atoms with Gasteiger partial charge in [0.05, 0.1) is 12.2 Å². The van der Waals surface area contributed by atoms with Crippen molar-refractivity contribution in [3.8, 4) is 0 Å². The molecule has 3 fully saturated rings. The highest BCUT2D eigenvalue weighted by Crippen LogP contribution is 2.39. The van der Waals surface area contributed by atoms with Crippen LogP contribution in [-0.4, -0.2) is 36.2 Å². The molecule has 2 heteroatoms. The molecule has 2 saturated carbocycles. The van der Waals surface area contributed by atoms with Crippen LogP contribution < -0.4 is 0 Å². The van der Waals surface area contributed by atoms with Gasteiger partial charge in [-0.15, -0.1) is 0 Å². The van der Waals surface area contributed by atoms with Gasteiger partial charge < -0.3 is 4.74 Å². The van der Waals surface area contributed by atoms with E-state index in [-0.39, 0.29) is 5.60 Å². The number of hydrogen-bond donors (Lipinski definition) is 0. The minimum absolute atomic E-state index is 0.234. The van der Waals surface area contributed by atoms with Gasteiger partial charge in [0.15, 0.2) is 0 Å². The minimum atomic E-state index is 0.234. The molecule has 2 aliphatic carbocycles. The molecule has 0 N–H and O–H groups in total. The minimum Gasteiger partial charge on any atom is -0.372 e. The van der Waals surface area contributed by atoms with E-state index in [0.29, 0.717) is 0 Å². The van der Waals surface area contributed by atoms with Crippen molar-refractivity contribution in [2.24, 2.45) is 5.92 Å². The first-order valence-electron chi connectivity index (χ1n) is 7.67. The highest BCUT2D eigenvalue weighted by molar-refractivity contribution is 4.94. The Morgan fingerprint density at radius 2 is 1.82 bits per heavy atom. The average Bonchev–Trinajstić information content (AvgIpc) is 3.16. The van der Waals surface area contributed by atoms with Crippen molar-refractivity contribution >= 4 is 0 Å². The summed E-state index contributed by atoms with van der Waals surface area (Å²) in [6, 6.07) is 0.805. The van der Waals surface area contributed by atoms with E-state index in [0.717, 1.165) is 18.6 Å². The van der Waals surface area contributed by atoms with Gasteiger partial charge in [0.1, 0.15) is 0 Å². The smallest absolute Gasteiger partial charge is 0.0809 e. The summed E-state index contributed by atoms with van der Waals surface area (Å²) in [6.07, 6.45) is 11.1. The van der Waals surface area contributed by atoms with E-state index >= 15 is 0 Å². The van der Waals surface area contributed by atoms with Crippen molar-refractivity contribution in [2.45, 2.75) is 69.9 Å². The number of morpholine rings is 1. The molecule has 0 radical (unpaired) electrons. The highest BCUT2D eigenvalue weighted by atomic mass is 16.5. The molecule has 0 aromatic carbocycles. The highest BCUT2D eigenvalue weighted by Gasteiger charge is 2.41. The zero-order valence-electron chi connectivity index (χ0n) is 11.3. The quantitative estimate of drug-likeness (QED) is 0.731. The molecular weight excluding hydrogens is 210 g/mol. The largest absolute Gasteiger partial charge is 0.372 e. The average molecular weight is 237 g/mol. The van der Waals surface area contributed by atoms with Gasteiger partial charge in [-0.1, -0.05) is 25.7 Å². The van der Waals surface area contributed by atoms with Crippen molar-refractivity contribution in [1.29, 1.82) is 0 Å². The van der Waals surface area contributed by atoms with Crippen LogP contribution in [0.5, 0.6) is 0 Å². The molecule has 1 atom stereocenters. The summed E-state index contributed by atoms with van der Waals surface area (Å²) in [5, 5.41) is 0. The molecule has 17 heavy (non-hydrogen) atoms. The Balaban J connectivity index is 1.64. The monoisotopic (exact) mass is 237 g/mol. The third kappa shape index (κ3) is 2.68. The van der Waals surface area contributed by atoms with E-state index in [1.165, 1.54) is 64.5 Å². The van der Waals surface area contributed by atoms with E-state index in [2.05, 4.69) is 11.8 Å². The molecule has 1 saturated heterocycles. The lowest BCUT2D eigenvalue weighted by atomic mass is 9.91. The zero-order valence-corrected chi connectivity index (χ0v) is 11.3. The summed E-state index contributed by atoms with van der Waals surface area (Å²) in [6.45, 7) is 5.79. The number of hydrogen-bond acceptors (Lipinski definition) is 2. The maximum Gasteiger partial charge on any atom is 0.0809 e. The maximum atomic E-state index is 6.23. The lowest BCUT2D eigenvalue weighted by molar-refractivity contribution is -0.126. The van der Waals surface area contributed by atoms with Crippen LogP contribution in [-0.2, 0) is 4.74 Å². The predicted molar refractivity (Wildman–Crippen MR) is 70.1 cm³/mol. The lowest BCUT2D eigenvalue weighted by Gasteiger charge is -2.45. The molecule has 0 aromatic heterocycles. The first-order chi connectivity index (χ1) is 8.29. The van der Waals surface area contributed by atoms with Crippen molar-refractivity contribution in [3.05, 3.63) is 0 Å². The van der Waals surface area contributed by atoms with E-state index in [1.807, 2.05) is 0 Å². The Bertz CT molecular complexity index is 254. The van der Waals surface area contributed by atoms with Gasteiger partial charge >= 0.3 is 0 Å². The first-order valence-corrected chi connectivity index (χ1v) is 7.67. The fraction of sp³-hybridized carbons (Fsp3) is 1.00. The molecule has 0 bridgehead atoms. The lowest BCUT2D eigenvalue weighted by Crippen LogP contribution is -2.54. The second-order valence-electron chi connectivity index (χ2n) is 6.49. The van der Waals surface area contributed by atoms with Crippen molar-refractivity contribution in [3.63, 3.8) is 0 Å². The standard InChI is InChI=1S/C15H27NO/c1-13(14-6-7-14)16-10-11-17-15(12-16)8-4-2-3-5-9-15/h13-14H,2-12H2,1H3/t13-/m1/s1. The van der Waals surface area contributed by atoms with Crippen LogP contribution in [0.4, 0.5) is 0 Å². The number of nitrogens with zero attached hydrogens (tertiary/aromatic N) is 1. The maximum absolute atomic E-state index is 6.23. The predicted octanol–water partition coefficient (Wildman–Crippen LogP) is 3.21. The van der Waals surface area contributed by atoms with Crippen molar-refractivity contribution in [1.82, 2.24) is 4.90 Å². The van der Waals surface area contributed by atoms with Gasteiger partial charge in [0, 0.05) is 19.1 Å². The number of ether oxygens (including phenoxy) is 1. The van der Waals surface area contributed by atoms with E-state index in [9.17, 15) is 0 Å². The second-order valence-corrected chi connectivity index (χ2v) is 6.49. The summed E-state index contributed by atoms with van der Waals surface area (Å²) in [5.41, 5.74) is 0.234. The molecule has 1 spiro atoms. The molecule has 0 unspecified atom stereocenters. The van der Waals surface area contributed by atoms with Gasteiger partial charge in [-0.3, -0.25) is 4.90 Å². The molecule has 1 heterocycles. The third-order valence-electron chi connectivity index (χ3n) is 5.17. The Labute approximate surface area is 106 Å². The van der Waals surface area contributed by atoms with Crippen LogP contribution >= 0.6 is 0 Å². The van der Waals surface area contributed by atoms with Crippen molar-refractivity contribution in [2.75, 3.05) is 19.7 Å². The molecule has 0 amide bonds. The number of rotatable bonds is 2. The Morgan fingerprint density at radius 1 is 1.12 bits per heavy atom. The van der Waals surface area contributed by atoms with Gasteiger partial charge in [-0.25, -0.2) is 0 Å². The van der Waals surface area contributed by atoms with Crippen LogP contribution in [0.1, 0.15) is 58.3 Å². The molecule has 2 nitrogen and oxygen atoms in total. The summed E-state index contributed by atoms with van der Waals surface area (Å²) in [5.74, 6) is 0.996. The Morgan fingerprint density at radius 3 is 2.47 bits per heavy atom. The van der Waals surface area contributed by atoms with Crippen LogP contribution in [0.3, 0.4) is 0 Å². The zero-order chi connectivity index (χ0) is 11.7. The summed E-state index contributed by atoms with van der Waals surface area (Å²) >= 11 is 0. The SMILES string of the molecule is C[C@H](C1CC1)N1CCOC2(CCCCCC2)C1. The molecule has 3 rings (SSSR count). The Kier molecular flexibility index (Phi) is 3.45. The third-order valence-corrected chi connectivity index (χ3v) is 5.17. The fourth-order valence-corrected chi connectivity index (χ4v) is 3.77. The molecule has 98 valence electrons. The van der Waals surface area contributed by atoms with Gasteiger partial charge in [-0.2, -0.15) is 0 Å². The summed E-state index contributed by atoms with van der Waals surface area (Å²) in [7, 11) is 0. The molecular formula is C15H27NO. The van der Waals surface area contributed by atoms with Gasteiger partial charge in [0.25, 0.3) is 0 Å². The molecule has 0 aromatic rings. The normalized spacial score (nSPS) is 32.3. The topological polar surface area (TPSA) is 12.5 Å². The van der Waals surface area contributed by atoms with E-state index < -0.39 is 0 Å². The van der Waals surface area contributed by atoms with Gasteiger partial charge in [-0.05, 0) is 38.5 Å². The van der Waals surface area contributed by atoms with Gasteiger partial charge in [0.2, 0.25) is 0 Å². The summed E-state index contributed by atoms with van der Waals surface area (Å²) < 4.78 is 6.23. The van der Waals surface area contributed by atoms with E-state index in [4.69, 9.17) is 4.74 Å². The Hall–Kier alpha value is -0.0800.